The van der Waals surface area contributed by atoms with Crippen LogP contribution in [0.3, 0.4) is 0 Å². The van der Waals surface area contributed by atoms with Gasteiger partial charge in [0, 0.05) is 27.6 Å². The maximum absolute atomic E-state index is 13.7. The highest BCUT2D eigenvalue weighted by atomic mass is 35.5. The summed E-state index contributed by atoms with van der Waals surface area (Å²) in [6.07, 6.45) is -0.535. The van der Waals surface area contributed by atoms with Crippen LogP contribution in [0.15, 0.2) is 30.3 Å². The van der Waals surface area contributed by atoms with Crippen molar-refractivity contribution < 1.29 is 23.4 Å². The molecule has 1 saturated heterocycles. The number of fused-ring (bicyclic) bond motifs is 4. The summed E-state index contributed by atoms with van der Waals surface area (Å²) < 4.78 is 25.2. The van der Waals surface area contributed by atoms with E-state index in [9.17, 15) is 4.79 Å². The zero-order valence-corrected chi connectivity index (χ0v) is 27.3. The van der Waals surface area contributed by atoms with E-state index in [4.69, 9.17) is 41.8 Å². The molecule has 6 nitrogen and oxygen atoms in total. The van der Waals surface area contributed by atoms with Gasteiger partial charge in [0.05, 0.1) is 22.2 Å². The van der Waals surface area contributed by atoms with Crippen molar-refractivity contribution >= 4 is 48.2 Å². The Morgan fingerprint density at radius 3 is 2.25 bits per heavy atom. The van der Waals surface area contributed by atoms with Crippen LogP contribution in [0.25, 0.3) is 10.9 Å². The lowest BCUT2D eigenvalue weighted by atomic mass is 9.71. The summed E-state index contributed by atoms with van der Waals surface area (Å²) in [6.45, 7) is 19.9. The maximum atomic E-state index is 13.7. The Hall–Kier alpha value is -1.87. The van der Waals surface area contributed by atoms with Crippen molar-refractivity contribution in [2.75, 3.05) is 13.2 Å². The topological polar surface area (TPSA) is 69.8 Å². The minimum Gasteiger partial charge on any atom is -0.491 e. The van der Waals surface area contributed by atoms with E-state index in [0.29, 0.717) is 40.1 Å². The van der Waals surface area contributed by atoms with E-state index in [-0.39, 0.29) is 23.0 Å². The first-order chi connectivity index (χ1) is 18.4. The molecule has 0 radical (unpaired) electrons. The average molecular weight is 605 g/mol. The molecule has 216 valence electrons. The monoisotopic (exact) mass is 603 g/mol. The molecule has 1 N–H and O–H groups in total. The van der Waals surface area contributed by atoms with E-state index in [1.54, 1.807) is 12.1 Å². The van der Waals surface area contributed by atoms with E-state index in [0.717, 1.165) is 22.2 Å². The molecule has 2 aliphatic rings. The molecule has 0 amide bonds. The number of rotatable bonds is 6. The van der Waals surface area contributed by atoms with Gasteiger partial charge in [0.25, 0.3) is 0 Å². The average Bonchev–Trinajstić information content (AvgIpc) is 3.36. The zero-order valence-electron chi connectivity index (χ0n) is 24.8. The van der Waals surface area contributed by atoms with Crippen molar-refractivity contribution in [3.05, 3.63) is 62.8 Å². The molecule has 0 bridgehead atoms. The summed E-state index contributed by atoms with van der Waals surface area (Å²) in [5.41, 5.74) is 3.34. The van der Waals surface area contributed by atoms with Crippen molar-refractivity contribution in [1.82, 2.24) is 4.98 Å². The van der Waals surface area contributed by atoms with Gasteiger partial charge in [-0.15, -0.1) is 0 Å². The molecular weight excluding hydrogens is 565 g/mol. The Labute approximate surface area is 247 Å². The second-order valence-corrected chi connectivity index (χ2v) is 19.1. The predicted molar refractivity (Wildman–Crippen MR) is 163 cm³/mol. The first kappa shape index (κ1) is 29.6. The van der Waals surface area contributed by atoms with Crippen LogP contribution in [0.4, 0.5) is 0 Å². The summed E-state index contributed by atoms with van der Waals surface area (Å²) in [5.74, 6) is -0.0994. The minimum atomic E-state index is -1.95. The molecule has 1 aromatic heterocycles. The SMILES string of the molecule is CC1(C)OC(COc2ccc3c(c2)C(C)(C)c2[nH]c4cc(Cl)c(Cl)cc4c2C3=O)[C@@H](CO[Si](C)(C)C(C)(C)C)O1. The number of hydrogen-bond donors (Lipinski definition) is 1. The van der Waals surface area contributed by atoms with Crippen molar-refractivity contribution in [3.8, 4) is 5.75 Å². The smallest absolute Gasteiger partial charge is 0.195 e. The van der Waals surface area contributed by atoms with Gasteiger partial charge in [-0.05, 0) is 67.9 Å². The molecular formula is C31H39Cl2NO5Si. The second kappa shape index (κ2) is 9.85. The molecule has 0 spiro atoms. The summed E-state index contributed by atoms with van der Waals surface area (Å²) >= 11 is 12.6. The molecule has 1 aliphatic carbocycles. The number of halogens is 2. The molecule has 5 rings (SSSR count). The standard InChI is InChI=1S/C31H39Cl2NO5Si/c1-29(2,3)40(8,9)37-16-25-24(38-31(6,7)39-25)15-36-17-10-11-18-20(12-17)30(4,5)28-26(27(18)35)19-13-21(32)22(33)14-23(19)34-28/h10-14,24-25,34H,15-16H2,1-9H3/t24?,25-/m1/s1. The fraction of sp³-hybridized carbons (Fsp3) is 0.516. The highest BCUT2D eigenvalue weighted by molar-refractivity contribution is 6.74. The van der Waals surface area contributed by atoms with E-state index < -0.39 is 19.5 Å². The van der Waals surface area contributed by atoms with Gasteiger partial charge in [-0.1, -0.05) is 57.8 Å². The number of nitrogens with one attached hydrogen (secondary N) is 1. The molecule has 2 atom stereocenters. The molecule has 3 aromatic rings. The van der Waals surface area contributed by atoms with Gasteiger partial charge in [0.2, 0.25) is 0 Å². The fourth-order valence-electron chi connectivity index (χ4n) is 5.37. The molecule has 9 heteroatoms. The van der Waals surface area contributed by atoms with E-state index in [1.165, 1.54) is 0 Å². The zero-order chi connectivity index (χ0) is 29.4. The first-order valence-corrected chi connectivity index (χ1v) is 17.4. The Kier molecular flexibility index (Phi) is 7.29. The Morgan fingerprint density at radius 2 is 1.60 bits per heavy atom. The number of carbonyl (C=O) groups excluding carboxylic acids is 1. The van der Waals surface area contributed by atoms with Crippen molar-refractivity contribution in [2.24, 2.45) is 0 Å². The largest absolute Gasteiger partial charge is 0.491 e. The summed E-state index contributed by atoms with van der Waals surface area (Å²) in [7, 11) is -1.95. The third-order valence-electron chi connectivity index (χ3n) is 8.71. The highest BCUT2D eigenvalue weighted by Crippen LogP contribution is 2.46. The Balaban J connectivity index is 1.38. The van der Waals surface area contributed by atoms with Crippen molar-refractivity contribution in [1.29, 1.82) is 0 Å². The number of aromatic amines is 1. The van der Waals surface area contributed by atoms with Gasteiger partial charge in [-0.2, -0.15) is 0 Å². The van der Waals surface area contributed by atoms with E-state index >= 15 is 0 Å². The van der Waals surface area contributed by atoms with Crippen LogP contribution >= 0.6 is 23.2 Å². The van der Waals surface area contributed by atoms with Gasteiger partial charge in [-0.25, -0.2) is 0 Å². The minimum absolute atomic E-state index is 0.0439. The van der Waals surface area contributed by atoms with Gasteiger partial charge in [0.1, 0.15) is 24.6 Å². The predicted octanol–water partition coefficient (Wildman–Crippen LogP) is 8.27. The second-order valence-electron chi connectivity index (χ2n) is 13.4. The summed E-state index contributed by atoms with van der Waals surface area (Å²) in [6, 6.07) is 9.20. The van der Waals surface area contributed by atoms with Crippen LogP contribution in [0.1, 0.15) is 75.6 Å². The quantitative estimate of drug-likeness (QED) is 0.287. The number of ether oxygens (including phenoxy) is 3. The van der Waals surface area contributed by atoms with Crippen LogP contribution in [0.2, 0.25) is 28.2 Å². The summed E-state index contributed by atoms with van der Waals surface area (Å²) in [4.78, 5) is 17.1. The number of benzene rings is 2. The summed E-state index contributed by atoms with van der Waals surface area (Å²) in [5, 5.41) is 1.75. The van der Waals surface area contributed by atoms with E-state index in [1.807, 2.05) is 32.0 Å². The lowest BCUT2D eigenvalue weighted by Crippen LogP contribution is -2.44. The van der Waals surface area contributed by atoms with Gasteiger partial charge in [0.15, 0.2) is 19.9 Å². The van der Waals surface area contributed by atoms with Crippen molar-refractivity contribution in [2.45, 2.75) is 90.0 Å². The highest BCUT2D eigenvalue weighted by Gasteiger charge is 2.45. The molecule has 1 unspecified atom stereocenters. The lowest BCUT2D eigenvalue weighted by molar-refractivity contribution is -0.150. The van der Waals surface area contributed by atoms with Crippen molar-refractivity contribution in [3.63, 3.8) is 0 Å². The Morgan fingerprint density at radius 1 is 0.975 bits per heavy atom. The molecule has 40 heavy (non-hydrogen) atoms. The normalized spacial score (nSPS) is 21.9. The van der Waals surface area contributed by atoms with Crippen LogP contribution in [-0.2, 0) is 19.3 Å². The maximum Gasteiger partial charge on any atom is 0.195 e. The van der Waals surface area contributed by atoms with Crippen LogP contribution in [0, 0.1) is 0 Å². The number of hydrogen-bond acceptors (Lipinski definition) is 5. The van der Waals surface area contributed by atoms with Crippen LogP contribution < -0.4 is 4.74 Å². The van der Waals surface area contributed by atoms with Crippen LogP contribution in [-0.4, -0.2) is 50.3 Å². The van der Waals surface area contributed by atoms with Crippen LogP contribution in [0.5, 0.6) is 5.75 Å². The number of ketones is 1. The molecule has 0 saturated carbocycles. The third-order valence-corrected chi connectivity index (χ3v) is 13.9. The van der Waals surface area contributed by atoms with Gasteiger partial charge < -0.3 is 23.6 Å². The molecule has 2 heterocycles. The molecule has 1 fully saturated rings. The lowest BCUT2D eigenvalue weighted by Gasteiger charge is -2.37. The fourth-order valence-corrected chi connectivity index (χ4v) is 6.71. The first-order valence-electron chi connectivity index (χ1n) is 13.7. The molecule has 2 aromatic carbocycles. The number of carbonyl (C=O) groups is 1. The number of aromatic nitrogens is 1. The van der Waals surface area contributed by atoms with Gasteiger partial charge in [-0.3, -0.25) is 4.79 Å². The van der Waals surface area contributed by atoms with E-state index in [2.05, 4.69) is 52.7 Å². The number of H-pyrrole nitrogens is 1. The van der Waals surface area contributed by atoms with Gasteiger partial charge >= 0.3 is 0 Å². The third kappa shape index (κ3) is 5.14. The molecule has 1 aliphatic heterocycles. The Bertz CT molecular complexity index is 1490.